The highest BCUT2D eigenvalue weighted by Gasteiger charge is 2.22. The Morgan fingerprint density at radius 1 is 1.15 bits per heavy atom. The predicted octanol–water partition coefficient (Wildman–Crippen LogP) is 3.21. The molecule has 1 aliphatic carbocycles. The summed E-state index contributed by atoms with van der Waals surface area (Å²) in [7, 11) is 2.96. The third kappa shape index (κ3) is 4.88. The zero-order chi connectivity index (χ0) is 24.1. The fourth-order valence-electron chi connectivity index (χ4n) is 4.26. The van der Waals surface area contributed by atoms with Crippen LogP contribution in [0, 0.1) is 0 Å². The number of para-hydroxylation sites is 1. The first-order chi connectivity index (χ1) is 16.5. The maximum absolute atomic E-state index is 13.4. The van der Waals surface area contributed by atoms with Crippen LogP contribution in [-0.4, -0.2) is 42.6 Å². The summed E-state index contributed by atoms with van der Waals surface area (Å²) >= 11 is 0. The Labute approximate surface area is 197 Å². The van der Waals surface area contributed by atoms with Crippen molar-refractivity contribution in [3.05, 3.63) is 58.1 Å². The summed E-state index contributed by atoms with van der Waals surface area (Å²) in [5.41, 5.74) is 6.28. The molecule has 1 amide bonds. The van der Waals surface area contributed by atoms with Gasteiger partial charge >= 0.3 is 0 Å². The topological polar surface area (TPSA) is 118 Å². The highest BCUT2D eigenvalue weighted by Crippen LogP contribution is 2.38. The first-order valence-electron chi connectivity index (χ1n) is 11.2. The van der Waals surface area contributed by atoms with Crippen LogP contribution in [-0.2, 0) is 4.79 Å². The number of hydrogen-bond donors (Lipinski definition) is 1. The molecule has 4 rings (SSSR count). The molecule has 1 aliphatic rings. The molecule has 1 aromatic heterocycles. The average molecular weight is 465 g/mol. The molecule has 0 radical (unpaired) electrons. The maximum atomic E-state index is 13.4. The molecule has 2 aromatic carbocycles. The summed E-state index contributed by atoms with van der Waals surface area (Å²) in [4.78, 5) is 29.3. The normalized spacial score (nSPS) is 14.4. The number of carbonyl (C=O) groups excluding carboxylic acids is 1. The summed E-state index contributed by atoms with van der Waals surface area (Å²) < 4.78 is 17.7. The summed E-state index contributed by atoms with van der Waals surface area (Å²) in [5.74, 6) is 1.19. The molecule has 0 atom stereocenters. The predicted molar refractivity (Wildman–Crippen MR) is 129 cm³/mol. The number of nitrogens with two attached hydrogens (primary N) is 1. The minimum atomic E-state index is -0.617. The van der Waals surface area contributed by atoms with E-state index in [1.165, 1.54) is 25.3 Å². The number of carbonyl (C=O) groups is 1. The van der Waals surface area contributed by atoms with Crippen LogP contribution in [0.3, 0.4) is 0 Å². The number of ether oxygens (including phenoxy) is 3. The first kappa shape index (κ1) is 23.3. The zero-order valence-electron chi connectivity index (χ0n) is 19.3. The largest absolute Gasteiger partial charge is 0.493 e. The van der Waals surface area contributed by atoms with Gasteiger partial charge in [0.05, 0.1) is 31.3 Å². The third-order valence-electron chi connectivity index (χ3n) is 5.91. The van der Waals surface area contributed by atoms with Crippen LogP contribution in [0.15, 0.2) is 46.3 Å². The SMILES string of the molecule is COc1cc(C=Nn2c(C3CCCCC3)nc3ccccc3c2=O)cc(OC)c1OCC(N)=O. The van der Waals surface area contributed by atoms with Gasteiger partial charge in [-0.15, -0.1) is 0 Å². The molecular formula is C25H28N4O5. The molecule has 178 valence electrons. The van der Waals surface area contributed by atoms with Gasteiger partial charge in [-0.3, -0.25) is 9.59 Å². The molecule has 1 saturated carbocycles. The number of amides is 1. The van der Waals surface area contributed by atoms with Crippen LogP contribution >= 0.6 is 0 Å². The number of benzene rings is 2. The molecule has 1 fully saturated rings. The molecule has 0 unspecified atom stereocenters. The average Bonchev–Trinajstić information content (AvgIpc) is 2.87. The Balaban J connectivity index is 1.78. The van der Waals surface area contributed by atoms with E-state index in [1.54, 1.807) is 24.4 Å². The highest BCUT2D eigenvalue weighted by molar-refractivity contribution is 5.83. The van der Waals surface area contributed by atoms with E-state index in [4.69, 9.17) is 24.9 Å². The van der Waals surface area contributed by atoms with Crippen LogP contribution in [0.25, 0.3) is 10.9 Å². The van der Waals surface area contributed by atoms with Gasteiger partial charge in [0.2, 0.25) is 5.75 Å². The van der Waals surface area contributed by atoms with Crippen molar-refractivity contribution in [2.75, 3.05) is 20.8 Å². The van der Waals surface area contributed by atoms with Crippen LogP contribution in [0.2, 0.25) is 0 Å². The summed E-state index contributed by atoms with van der Waals surface area (Å²) in [5, 5.41) is 5.06. The number of aromatic nitrogens is 2. The van der Waals surface area contributed by atoms with Crippen molar-refractivity contribution in [3.63, 3.8) is 0 Å². The van der Waals surface area contributed by atoms with Crippen molar-refractivity contribution in [1.29, 1.82) is 0 Å². The second kappa shape index (κ2) is 10.4. The van der Waals surface area contributed by atoms with Gasteiger partial charge in [0.15, 0.2) is 18.1 Å². The fourth-order valence-corrected chi connectivity index (χ4v) is 4.26. The van der Waals surface area contributed by atoms with Crippen molar-refractivity contribution in [3.8, 4) is 17.2 Å². The van der Waals surface area contributed by atoms with E-state index >= 15 is 0 Å². The van der Waals surface area contributed by atoms with Crippen molar-refractivity contribution < 1.29 is 19.0 Å². The second-order valence-corrected chi connectivity index (χ2v) is 8.19. The number of methoxy groups -OCH3 is 2. The minimum Gasteiger partial charge on any atom is -0.493 e. The number of fused-ring (bicyclic) bond motifs is 1. The molecule has 9 nitrogen and oxygen atoms in total. The Bertz CT molecular complexity index is 1250. The molecular weight excluding hydrogens is 436 g/mol. The summed E-state index contributed by atoms with van der Waals surface area (Å²) in [6.07, 6.45) is 6.94. The van der Waals surface area contributed by atoms with E-state index in [0.29, 0.717) is 33.8 Å². The van der Waals surface area contributed by atoms with E-state index in [9.17, 15) is 9.59 Å². The molecule has 0 spiro atoms. The highest BCUT2D eigenvalue weighted by atomic mass is 16.5. The molecule has 0 saturated heterocycles. The van der Waals surface area contributed by atoms with Gasteiger partial charge in [-0.1, -0.05) is 31.4 Å². The second-order valence-electron chi connectivity index (χ2n) is 8.19. The van der Waals surface area contributed by atoms with Crippen molar-refractivity contribution in [1.82, 2.24) is 9.66 Å². The van der Waals surface area contributed by atoms with Gasteiger partial charge in [-0.2, -0.15) is 9.78 Å². The van der Waals surface area contributed by atoms with Gasteiger partial charge in [0, 0.05) is 11.5 Å². The van der Waals surface area contributed by atoms with Crippen molar-refractivity contribution in [2.24, 2.45) is 10.8 Å². The Kier molecular flexibility index (Phi) is 7.10. The van der Waals surface area contributed by atoms with E-state index in [2.05, 4.69) is 5.10 Å². The van der Waals surface area contributed by atoms with Crippen molar-refractivity contribution >= 4 is 23.0 Å². The van der Waals surface area contributed by atoms with Crippen LogP contribution < -0.4 is 25.5 Å². The lowest BCUT2D eigenvalue weighted by molar-refractivity contribution is -0.120. The van der Waals surface area contributed by atoms with Gasteiger partial charge in [0.1, 0.15) is 5.82 Å². The molecule has 0 aliphatic heterocycles. The smallest absolute Gasteiger partial charge is 0.282 e. The Morgan fingerprint density at radius 2 is 1.82 bits per heavy atom. The fraction of sp³-hybridized carbons (Fsp3) is 0.360. The molecule has 3 aromatic rings. The maximum Gasteiger partial charge on any atom is 0.282 e. The van der Waals surface area contributed by atoms with E-state index in [-0.39, 0.29) is 23.8 Å². The number of hydrogen-bond acceptors (Lipinski definition) is 7. The standard InChI is InChI=1S/C25H28N4O5/c1-32-20-12-16(13-21(33-2)23(20)34-15-22(26)30)14-27-29-24(17-8-4-3-5-9-17)28-19-11-7-6-10-18(19)25(29)31/h6-7,10-14,17H,3-5,8-9,15H2,1-2H3,(H2,26,30). The minimum absolute atomic E-state index is 0.178. The Morgan fingerprint density at radius 3 is 2.47 bits per heavy atom. The molecule has 34 heavy (non-hydrogen) atoms. The van der Waals surface area contributed by atoms with Gasteiger partial charge < -0.3 is 19.9 Å². The van der Waals surface area contributed by atoms with E-state index < -0.39 is 5.91 Å². The van der Waals surface area contributed by atoms with Crippen molar-refractivity contribution in [2.45, 2.75) is 38.0 Å². The third-order valence-corrected chi connectivity index (χ3v) is 5.91. The van der Waals surface area contributed by atoms with Crippen LogP contribution in [0.4, 0.5) is 0 Å². The molecule has 2 N–H and O–H groups in total. The quantitative estimate of drug-likeness (QED) is 0.512. The number of rotatable bonds is 8. The number of nitrogens with zero attached hydrogens (tertiary/aromatic N) is 3. The summed E-state index contributed by atoms with van der Waals surface area (Å²) in [6.45, 7) is -0.316. The molecule has 9 heteroatoms. The lowest BCUT2D eigenvalue weighted by atomic mass is 9.88. The van der Waals surface area contributed by atoms with Crippen LogP contribution in [0.5, 0.6) is 17.2 Å². The molecule has 1 heterocycles. The monoisotopic (exact) mass is 464 g/mol. The lowest BCUT2D eigenvalue weighted by Crippen LogP contribution is -2.25. The number of primary amides is 1. The first-order valence-corrected chi connectivity index (χ1v) is 11.2. The van der Waals surface area contributed by atoms with Gasteiger partial charge in [-0.25, -0.2) is 4.98 Å². The Hall–Kier alpha value is -3.88. The van der Waals surface area contributed by atoms with E-state index in [1.807, 2.05) is 18.2 Å². The lowest BCUT2D eigenvalue weighted by Gasteiger charge is -2.22. The molecule has 0 bridgehead atoms. The van der Waals surface area contributed by atoms with Gasteiger partial charge in [0.25, 0.3) is 11.5 Å². The van der Waals surface area contributed by atoms with Crippen LogP contribution in [0.1, 0.15) is 49.4 Å². The zero-order valence-corrected chi connectivity index (χ0v) is 19.3. The summed E-state index contributed by atoms with van der Waals surface area (Å²) in [6, 6.07) is 10.7. The van der Waals surface area contributed by atoms with E-state index in [0.717, 1.165) is 25.7 Å². The van der Waals surface area contributed by atoms with Gasteiger partial charge in [-0.05, 0) is 37.1 Å².